The molecule has 1 aliphatic rings. The lowest BCUT2D eigenvalue weighted by Crippen LogP contribution is -2.54. The summed E-state index contributed by atoms with van der Waals surface area (Å²) in [7, 11) is 1.44. The second kappa shape index (κ2) is 9.48. The summed E-state index contributed by atoms with van der Waals surface area (Å²) in [5, 5.41) is 11.1. The summed E-state index contributed by atoms with van der Waals surface area (Å²) < 4.78 is 11.4. The Labute approximate surface area is 191 Å². The van der Waals surface area contributed by atoms with Gasteiger partial charge in [0.2, 0.25) is 0 Å². The molecule has 0 radical (unpaired) electrons. The molecular formula is C22H17BrN2O7. The monoisotopic (exact) mass is 500 g/mol. The van der Waals surface area contributed by atoms with E-state index in [2.05, 4.69) is 27.8 Å². The first-order valence-electron chi connectivity index (χ1n) is 9.12. The van der Waals surface area contributed by atoms with Gasteiger partial charge in [-0.2, -0.15) is 0 Å². The topological polar surface area (TPSA) is 122 Å². The van der Waals surface area contributed by atoms with Gasteiger partial charge in [-0.05, 0) is 64.0 Å². The van der Waals surface area contributed by atoms with E-state index in [4.69, 9.17) is 14.6 Å². The molecule has 0 bridgehead atoms. The number of carbonyl (C=O) groups is 4. The fourth-order valence-electron chi connectivity index (χ4n) is 2.92. The average molecular weight is 501 g/mol. The van der Waals surface area contributed by atoms with E-state index in [1.165, 1.54) is 37.5 Å². The molecule has 0 spiro atoms. The van der Waals surface area contributed by atoms with Crippen LogP contribution in [0.15, 0.2) is 59.1 Å². The number of aromatic carboxylic acids is 1. The van der Waals surface area contributed by atoms with Crippen molar-refractivity contribution in [2.75, 3.05) is 18.6 Å². The highest BCUT2D eigenvalue weighted by Crippen LogP contribution is 2.37. The number of rotatable bonds is 7. The number of hydrogen-bond donors (Lipinski definition) is 2. The predicted molar refractivity (Wildman–Crippen MR) is 119 cm³/mol. The standard InChI is InChI=1S/C22H17BrN2O7/c1-3-8-32-18-16(23)10-12(11-17(18)31-2)9-15-19(26)24-22(30)25(20(15)27)14-6-4-13(5-7-14)21(28)29/h3-7,9-11H,1,8H2,2H3,(H,28,29)(H,24,26,30)/b15-9+. The van der Waals surface area contributed by atoms with Crippen LogP contribution in [0.1, 0.15) is 15.9 Å². The first-order chi connectivity index (χ1) is 15.3. The average Bonchev–Trinajstić information content (AvgIpc) is 2.75. The number of halogens is 1. The van der Waals surface area contributed by atoms with Crippen molar-refractivity contribution in [1.29, 1.82) is 0 Å². The van der Waals surface area contributed by atoms with Crippen molar-refractivity contribution in [2.24, 2.45) is 0 Å². The van der Waals surface area contributed by atoms with Crippen molar-refractivity contribution in [3.05, 3.63) is 70.2 Å². The number of urea groups is 1. The summed E-state index contributed by atoms with van der Waals surface area (Å²) in [6.45, 7) is 3.83. The zero-order valence-corrected chi connectivity index (χ0v) is 18.3. The first kappa shape index (κ1) is 22.8. The van der Waals surface area contributed by atoms with Crippen LogP contribution < -0.4 is 19.7 Å². The third-order valence-electron chi connectivity index (χ3n) is 4.38. The van der Waals surface area contributed by atoms with Gasteiger partial charge in [-0.25, -0.2) is 14.5 Å². The molecule has 0 unspecified atom stereocenters. The highest BCUT2D eigenvalue weighted by molar-refractivity contribution is 9.10. The van der Waals surface area contributed by atoms with Crippen LogP contribution >= 0.6 is 15.9 Å². The molecule has 1 fully saturated rings. The minimum Gasteiger partial charge on any atom is -0.493 e. The molecule has 10 heteroatoms. The number of barbiturate groups is 1. The van der Waals surface area contributed by atoms with Crippen LogP contribution in [0, 0.1) is 0 Å². The van der Waals surface area contributed by atoms with Crippen LogP contribution in [0.3, 0.4) is 0 Å². The summed E-state index contributed by atoms with van der Waals surface area (Å²) in [6.07, 6.45) is 2.88. The van der Waals surface area contributed by atoms with Crippen LogP contribution in [0.2, 0.25) is 0 Å². The van der Waals surface area contributed by atoms with E-state index < -0.39 is 23.8 Å². The van der Waals surface area contributed by atoms with Gasteiger partial charge in [-0.3, -0.25) is 14.9 Å². The summed E-state index contributed by atoms with van der Waals surface area (Å²) >= 11 is 3.37. The van der Waals surface area contributed by atoms with Crippen LogP contribution in [0.25, 0.3) is 6.08 Å². The van der Waals surface area contributed by atoms with Crippen molar-refractivity contribution in [3.63, 3.8) is 0 Å². The van der Waals surface area contributed by atoms with Gasteiger partial charge in [0.15, 0.2) is 11.5 Å². The number of imide groups is 2. The maximum absolute atomic E-state index is 13.0. The zero-order valence-electron chi connectivity index (χ0n) is 16.8. The summed E-state index contributed by atoms with van der Waals surface area (Å²) in [5.74, 6) is -2.09. The van der Waals surface area contributed by atoms with Gasteiger partial charge in [0.05, 0.1) is 22.8 Å². The van der Waals surface area contributed by atoms with Gasteiger partial charge in [-0.15, -0.1) is 0 Å². The zero-order chi connectivity index (χ0) is 23.4. The van der Waals surface area contributed by atoms with Crippen LogP contribution in [-0.2, 0) is 9.59 Å². The van der Waals surface area contributed by atoms with Gasteiger partial charge in [-0.1, -0.05) is 12.7 Å². The van der Waals surface area contributed by atoms with E-state index in [1.807, 2.05) is 0 Å². The fraction of sp³-hybridized carbons (Fsp3) is 0.0909. The van der Waals surface area contributed by atoms with Gasteiger partial charge in [0, 0.05) is 0 Å². The number of carboxylic acid groups (broad SMARTS) is 1. The number of ether oxygens (including phenoxy) is 2. The molecule has 2 aromatic rings. The highest BCUT2D eigenvalue weighted by atomic mass is 79.9. The molecule has 1 heterocycles. The van der Waals surface area contributed by atoms with Gasteiger partial charge < -0.3 is 14.6 Å². The Bertz CT molecular complexity index is 1160. The van der Waals surface area contributed by atoms with E-state index in [0.717, 1.165) is 4.90 Å². The number of amides is 4. The summed E-state index contributed by atoms with van der Waals surface area (Å²) in [5.41, 5.74) is 0.248. The fourth-order valence-corrected chi connectivity index (χ4v) is 3.49. The predicted octanol–water partition coefficient (Wildman–Crippen LogP) is 3.39. The second-order valence-corrected chi connectivity index (χ2v) is 7.30. The van der Waals surface area contributed by atoms with E-state index in [-0.39, 0.29) is 23.4 Å². The lowest BCUT2D eigenvalue weighted by atomic mass is 10.1. The normalized spacial score (nSPS) is 14.9. The number of methoxy groups -OCH3 is 1. The maximum Gasteiger partial charge on any atom is 0.335 e. The number of nitrogens with zero attached hydrogens (tertiary/aromatic N) is 1. The van der Waals surface area contributed by atoms with Gasteiger partial charge in [0.25, 0.3) is 11.8 Å². The molecule has 1 saturated heterocycles. The lowest BCUT2D eigenvalue weighted by molar-refractivity contribution is -0.122. The molecule has 32 heavy (non-hydrogen) atoms. The van der Waals surface area contributed by atoms with E-state index in [1.54, 1.807) is 18.2 Å². The Morgan fingerprint density at radius 1 is 1.22 bits per heavy atom. The molecule has 3 rings (SSSR count). The summed E-state index contributed by atoms with van der Waals surface area (Å²) in [4.78, 5) is 49.5. The molecular weight excluding hydrogens is 484 g/mol. The molecule has 2 N–H and O–H groups in total. The van der Waals surface area contributed by atoms with E-state index in [9.17, 15) is 19.2 Å². The Morgan fingerprint density at radius 2 is 1.91 bits per heavy atom. The van der Waals surface area contributed by atoms with Crippen molar-refractivity contribution >= 4 is 51.5 Å². The SMILES string of the molecule is C=CCOc1c(Br)cc(/C=C2\C(=O)NC(=O)N(c3ccc(C(=O)O)cc3)C2=O)cc1OC. The molecule has 1 aliphatic heterocycles. The number of carboxylic acids is 1. The second-order valence-electron chi connectivity index (χ2n) is 6.44. The largest absolute Gasteiger partial charge is 0.493 e. The number of anilines is 1. The molecule has 0 atom stereocenters. The Kier molecular flexibility index (Phi) is 6.74. The van der Waals surface area contributed by atoms with Crippen molar-refractivity contribution in [1.82, 2.24) is 5.32 Å². The first-order valence-corrected chi connectivity index (χ1v) is 9.92. The Morgan fingerprint density at radius 3 is 2.50 bits per heavy atom. The number of benzene rings is 2. The molecule has 0 saturated carbocycles. The number of carbonyl (C=O) groups excluding carboxylic acids is 3. The molecule has 0 aromatic heterocycles. The van der Waals surface area contributed by atoms with Crippen LogP contribution in [0.5, 0.6) is 11.5 Å². The molecule has 2 aromatic carbocycles. The highest BCUT2D eigenvalue weighted by Gasteiger charge is 2.37. The minimum atomic E-state index is -1.15. The number of hydrogen-bond acceptors (Lipinski definition) is 6. The maximum atomic E-state index is 13.0. The lowest BCUT2D eigenvalue weighted by Gasteiger charge is -2.26. The van der Waals surface area contributed by atoms with Crippen molar-refractivity contribution in [3.8, 4) is 11.5 Å². The third-order valence-corrected chi connectivity index (χ3v) is 4.97. The summed E-state index contributed by atoms with van der Waals surface area (Å²) in [6, 6.07) is 7.37. The van der Waals surface area contributed by atoms with Gasteiger partial charge in [0.1, 0.15) is 12.2 Å². The third kappa shape index (κ3) is 4.54. The Balaban J connectivity index is 1.99. The van der Waals surface area contributed by atoms with E-state index >= 15 is 0 Å². The minimum absolute atomic E-state index is 0.0128. The molecule has 9 nitrogen and oxygen atoms in total. The van der Waals surface area contributed by atoms with Crippen LogP contribution in [0.4, 0.5) is 10.5 Å². The smallest absolute Gasteiger partial charge is 0.335 e. The van der Waals surface area contributed by atoms with Crippen LogP contribution in [-0.4, -0.2) is 42.6 Å². The van der Waals surface area contributed by atoms with Crippen molar-refractivity contribution < 1.29 is 33.8 Å². The molecule has 164 valence electrons. The number of nitrogens with one attached hydrogen (secondary N) is 1. The molecule has 0 aliphatic carbocycles. The van der Waals surface area contributed by atoms with Crippen molar-refractivity contribution in [2.45, 2.75) is 0 Å². The van der Waals surface area contributed by atoms with Gasteiger partial charge >= 0.3 is 12.0 Å². The Hall–Kier alpha value is -3.92. The molecule has 4 amide bonds. The quantitative estimate of drug-likeness (QED) is 0.339. The van der Waals surface area contributed by atoms with E-state index in [0.29, 0.717) is 21.5 Å².